The third-order valence-electron chi connectivity index (χ3n) is 2.45. The number of hydrogen-bond donors (Lipinski definition) is 1. The van der Waals surface area contributed by atoms with Crippen molar-refractivity contribution in [2.24, 2.45) is 0 Å². The van der Waals surface area contributed by atoms with Crippen LogP contribution in [0, 0.1) is 0 Å². The van der Waals surface area contributed by atoms with Gasteiger partial charge in [0.2, 0.25) is 0 Å². The number of carboxylic acids is 1. The van der Waals surface area contributed by atoms with Gasteiger partial charge >= 0.3 is 5.97 Å². The zero-order chi connectivity index (χ0) is 13.0. The number of nitrogens with zero attached hydrogens (tertiary/aromatic N) is 2. The minimum absolute atomic E-state index is 0.348. The van der Waals surface area contributed by atoms with Crippen LogP contribution in [-0.2, 0) is 4.79 Å². The molecule has 1 aromatic carbocycles. The molecular formula is C13H12N2O2S. The van der Waals surface area contributed by atoms with Gasteiger partial charge in [0.15, 0.2) is 0 Å². The summed E-state index contributed by atoms with van der Waals surface area (Å²) >= 11 is 1.50. The Hall–Kier alpha value is -1.88. The third kappa shape index (κ3) is 2.87. The Morgan fingerprint density at radius 2 is 2.17 bits per heavy atom. The molecule has 2 aromatic rings. The highest BCUT2D eigenvalue weighted by Crippen LogP contribution is 2.24. The van der Waals surface area contributed by atoms with E-state index in [2.05, 4.69) is 9.97 Å². The van der Waals surface area contributed by atoms with Crippen LogP contribution >= 0.6 is 11.8 Å². The molecule has 0 aliphatic rings. The smallest absolute Gasteiger partial charge is 0.330 e. The Morgan fingerprint density at radius 3 is 2.94 bits per heavy atom. The van der Waals surface area contributed by atoms with Crippen molar-refractivity contribution in [2.75, 3.05) is 5.75 Å². The van der Waals surface area contributed by atoms with Crippen LogP contribution in [0.5, 0.6) is 0 Å². The first-order valence-corrected chi connectivity index (χ1v) is 6.39. The fourth-order valence-electron chi connectivity index (χ4n) is 1.43. The second-order valence-electron chi connectivity index (χ2n) is 3.70. The molecule has 0 amide bonds. The number of carboxylic acid groups (broad SMARTS) is 1. The van der Waals surface area contributed by atoms with E-state index in [0.29, 0.717) is 11.3 Å². The molecule has 1 heterocycles. The SMILES string of the molecule is CC(=CCSc1ncnc2ccccc12)C(=O)O. The summed E-state index contributed by atoms with van der Waals surface area (Å²) in [6, 6.07) is 7.76. The Morgan fingerprint density at radius 1 is 1.39 bits per heavy atom. The lowest BCUT2D eigenvalue weighted by molar-refractivity contribution is -0.132. The van der Waals surface area contributed by atoms with Gasteiger partial charge in [-0.1, -0.05) is 24.3 Å². The molecule has 0 spiro atoms. The number of hydrogen-bond acceptors (Lipinski definition) is 4. The van der Waals surface area contributed by atoms with E-state index in [4.69, 9.17) is 5.11 Å². The molecule has 18 heavy (non-hydrogen) atoms. The number of aromatic nitrogens is 2. The lowest BCUT2D eigenvalue weighted by atomic mass is 10.2. The lowest BCUT2D eigenvalue weighted by Crippen LogP contribution is -1.96. The molecule has 0 aliphatic carbocycles. The van der Waals surface area contributed by atoms with Crippen LogP contribution in [0.2, 0.25) is 0 Å². The van der Waals surface area contributed by atoms with Crippen molar-refractivity contribution in [1.82, 2.24) is 9.97 Å². The quantitative estimate of drug-likeness (QED) is 0.520. The van der Waals surface area contributed by atoms with Gasteiger partial charge in [-0.05, 0) is 13.0 Å². The Balaban J connectivity index is 2.18. The summed E-state index contributed by atoms with van der Waals surface area (Å²) in [6.45, 7) is 1.58. The summed E-state index contributed by atoms with van der Waals surface area (Å²) in [4.78, 5) is 19.1. The standard InChI is InChI=1S/C13H12N2O2S/c1-9(13(16)17)6-7-18-12-10-4-2-3-5-11(10)14-8-15-12/h2-6,8H,7H2,1H3,(H,16,17). The summed E-state index contributed by atoms with van der Waals surface area (Å²) < 4.78 is 0. The van der Waals surface area contributed by atoms with Crippen LogP contribution in [0.1, 0.15) is 6.92 Å². The normalized spacial score (nSPS) is 11.7. The van der Waals surface area contributed by atoms with Gasteiger partial charge in [-0.2, -0.15) is 0 Å². The second-order valence-corrected chi connectivity index (χ2v) is 4.71. The van der Waals surface area contributed by atoms with Crippen molar-refractivity contribution in [1.29, 1.82) is 0 Å². The van der Waals surface area contributed by atoms with Crippen molar-refractivity contribution in [2.45, 2.75) is 11.9 Å². The van der Waals surface area contributed by atoms with Gasteiger partial charge in [0, 0.05) is 16.7 Å². The molecule has 1 aromatic heterocycles. The fraction of sp³-hybridized carbons (Fsp3) is 0.154. The Kier molecular flexibility index (Phi) is 3.94. The molecule has 0 bridgehead atoms. The first-order chi connectivity index (χ1) is 8.68. The van der Waals surface area contributed by atoms with E-state index in [9.17, 15) is 4.79 Å². The monoisotopic (exact) mass is 260 g/mol. The predicted octanol–water partition coefficient (Wildman–Crippen LogP) is 2.75. The summed E-state index contributed by atoms with van der Waals surface area (Å²) in [5.41, 5.74) is 1.25. The molecule has 0 fully saturated rings. The highest BCUT2D eigenvalue weighted by Gasteiger charge is 2.03. The average molecular weight is 260 g/mol. The first-order valence-electron chi connectivity index (χ1n) is 5.41. The van der Waals surface area contributed by atoms with Gasteiger partial charge in [-0.3, -0.25) is 0 Å². The maximum absolute atomic E-state index is 10.7. The van der Waals surface area contributed by atoms with Crippen LogP contribution in [-0.4, -0.2) is 26.8 Å². The minimum atomic E-state index is -0.886. The summed E-state index contributed by atoms with van der Waals surface area (Å²) in [5.74, 6) is -0.303. The number of carbonyl (C=O) groups is 1. The Bertz CT molecular complexity index is 605. The summed E-state index contributed by atoms with van der Waals surface area (Å²) in [6.07, 6.45) is 3.21. The van der Waals surface area contributed by atoms with E-state index < -0.39 is 5.97 Å². The number of aliphatic carboxylic acids is 1. The van der Waals surface area contributed by atoms with E-state index in [1.54, 1.807) is 13.0 Å². The van der Waals surface area contributed by atoms with Crippen LogP contribution in [0.25, 0.3) is 10.9 Å². The molecule has 4 nitrogen and oxygen atoms in total. The first kappa shape index (κ1) is 12.6. The number of rotatable bonds is 4. The van der Waals surface area contributed by atoms with Crippen LogP contribution in [0.3, 0.4) is 0 Å². The summed E-state index contributed by atoms with van der Waals surface area (Å²) in [5, 5.41) is 10.6. The molecule has 5 heteroatoms. The highest BCUT2D eigenvalue weighted by molar-refractivity contribution is 7.99. The van der Waals surface area contributed by atoms with Gasteiger partial charge in [0.05, 0.1) is 5.52 Å². The molecule has 0 unspecified atom stereocenters. The topological polar surface area (TPSA) is 63.1 Å². The minimum Gasteiger partial charge on any atom is -0.478 e. The molecule has 0 saturated heterocycles. The van der Waals surface area contributed by atoms with E-state index in [1.807, 2.05) is 24.3 Å². The number of para-hydroxylation sites is 1. The van der Waals surface area contributed by atoms with E-state index >= 15 is 0 Å². The van der Waals surface area contributed by atoms with E-state index in [1.165, 1.54) is 18.1 Å². The Labute approximate surface area is 109 Å². The van der Waals surface area contributed by atoms with Crippen LogP contribution in [0.15, 0.2) is 47.3 Å². The third-order valence-corrected chi connectivity index (χ3v) is 3.39. The second kappa shape index (κ2) is 5.64. The van der Waals surface area contributed by atoms with Crippen LogP contribution in [0.4, 0.5) is 0 Å². The molecule has 0 saturated carbocycles. The molecule has 1 N–H and O–H groups in total. The van der Waals surface area contributed by atoms with Crippen molar-refractivity contribution in [3.8, 4) is 0 Å². The number of benzene rings is 1. The average Bonchev–Trinajstić information content (AvgIpc) is 2.38. The molecule has 0 atom stereocenters. The lowest BCUT2D eigenvalue weighted by Gasteiger charge is -2.02. The van der Waals surface area contributed by atoms with Gasteiger partial charge in [-0.25, -0.2) is 14.8 Å². The van der Waals surface area contributed by atoms with Crippen molar-refractivity contribution < 1.29 is 9.90 Å². The molecule has 0 aliphatic heterocycles. The van der Waals surface area contributed by atoms with E-state index in [-0.39, 0.29) is 0 Å². The molecule has 2 rings (SSSR count). The van der Waals surface area contributed by atoms with Crippen molar-refractivity contribution >= 4 is 28.6 Å². The maximum atomic E-state index is 10.7. The highest BCUT2D eigenvalue weighted by atomic mass is 32.2. The zero-order valence-corrected chi connectivity index (χ0v) is 10.6. The van der Waals surface area contributed by atoms with Gasteiger partial charge < -0.3 is 5.11 Å². The largest absolute Gasteiger partial charge is 0.478 e. The van der Waals surface area contributed by atoms with Crippen molar-refractivity contribution in [3.63, 3.8) is 0 Å². The van der Waals surface area contributed by atoms with Gasteiger partial charge in [-0.15, -0.1) is 11.8 Å². The van der Waals surface area contributed by atoms with E-state index in [0.717, 1.165) is 15.9 Å². The zero-order valence-electron chi connectivity index (χ0n) is 9.83. The maximum Gasteiger partial charge on any atom is 0.330 e. The van der Waals surface area contributed by atoms with Crippen LogP contribution < -0.4 is 0 Å². The van der Waals surface area contributed by atoms with Crippen molar-refractivity contribution in [3.05, 3.63) is 42.2 Å². The van der Waals surface area contributed by atoms with Gasteiger partial charge in [0.1, 0.15) is 11.4 Å². The molecular weight excluding hydrogens is 248 g/mol. The summed E-state index contributed by atoms with van der Waals surface area (Å²) in [7, 11) is 0. The molecule has 0 radical (unpaired) electrons. The number of thioether (sulfide) groups is 1. The molecule has 92 valence electrons. The van der Waals surface area contributed by atoms with Gasteiger partial charge in [0.25, 0.3) is 0 Å². The number of fused-ring (bicyclic) bond motifs is 1. The predicted molar refractivity (Wildman–Crippen MR) is 71.7 cm³/mol. The fourth-order valence-corrected chi connectivity index (χ4v) is 2.37.